The molecule has 1 aromatic rings. The molecule has 0 radical (unpaired) electrons. The van der Waals surface area contributed by atoms with Gasteiger partial charge in [-0.05, 0) is 43.6 Å². The van der Waals surface area contributed by atoms with E-state index in [1.165, 1.54) is 19.3 Å². The van der Waals surface area contributed by atoms with Gasteiger partial charge in [-0.3, -0.25) is 9.69 Å². The number of hydrogen-bond acceptors (Lipinski definition) is 3. The van der Waals surface area contributed by atoms with E-state index in [-0.39, 0.29) is 11.9 Å². The summed E-state index contributed by atoms with van der Waals surface area (Å²) in [4.78, 5) is 14.8. The first kappa shape index (κ1) is 15.8. The third kappa shape index (κ3) is 4.00. The second kappa shape index (κ2) is 7.44. The van der Waals surface area contributed by atoms with Crippen molar-refractivity contribution in [3.63, 3.8) is 0 Å². The predicted octanol–water partition coefficient (Wildman–Crippen LogP) is 2.25. The average molecular weight is 323 g/mol. The van der Waals surface area contributed by atoms with Crippen molar-refractivity contribution >= 4 is 17.5 Å². The van der Waals surface area contributed by atoms with E-state index in [0.717, 1.165) is 25.3 Å². The average Bonchev–Trinajstić information content (AvgIpc) is 2.96. The Kier molecular flexibility index (Phi) is 5.34. The van der Waals surface area contributed by atoms with E-state index < -0.39 is 0 Å². The van der Waals surface area contributed by atoms with E-state index in [2.05, 4.69) is 10.2 Å². The molecule has 2 atom stereocenters. The molecule has 1 N–H and O–H groups in total. The maximum absolute atomic E-state index is 12.3. The van der Waals surface area contributed by atoms with Gasteiger partial charge < -0.3 is 10.1 Å². The molecule has 120 valence electrons. The van der Waals surface area contributed by atoms with Crippen LogP contribution < -0.4 is 5.32 Å². The summed E-state index contributed by atoms with van der Waals surface area (Å²) >= 11 is 5.96. The fourth-order valence-electron chi connectivity index (χ4n) is 3.38. The summed E-state index contributed by atoms with van der Waals surface area (Å²) in [5.41, 5.74) is 0.943. The molecule has 0 saturated carbocycles. The number of benzene rings is 1. The number of likely N-dealkylation sites (tertiary alicyclic amines) is 1. The van der Waals surface area contributed by atoms with E-state index in [0.29, 0.717) is 24.1 Å². The molecule has 2 aliphatic heterocycles. The fraction of sp³-hybridized carbons (Fsp3) is 0.588. The Bertz CT molecular complexity index is 517. The van der Waals surface area contributed by atoms with Gasteiger partial charge in [0.1, 0.15) is 0 Å². The predicted molar refractivity (Wildman–Crippen MR) is 87.1 cm³/mol. The molecule has 4 nitrogen and oxygen atoms in total. The second-order valence-electron chi connectivity index (χ2n) is 6.18. The molecule has 1 amide bonds. The Balaban J connectivity index is 1.55. The van der Waals surface area contributed by atoms with Crippen molar-refractivity contribution in [1.82, 2.24) is 10.2 Å². The third-order valence-electron chi connectivity index (χ3n) is 4.51. The van der Waals surface area contributed by atoms with Crippen LogP contribution in [-0.4, -0.2) is 49.2 Å². The van der Waals surface area contributed by atoms with Gasteiger partial charge in [0, 0.05) is 5.02 Å². The van der Waals surface area contributed by atoms with Crippen molar-refractivity contribution in [2.75, 3.05) is 26.3 Å². The van der Waals surface area contributed by atoms with Crippen LogP contribution >= 0.6 is 11.6 Å². The van der Waals surface area contributed by atoms with Gasteiger partial charge in [0.05, 0.1) is 31.7 Å². The highest BCUT2D eigenvalue weighted by molar-refractivity contribution is 6.30. The van der Waals surface area contributed by atoms with Crippen LogP contribution in [0.5, 0.6) is 0 Å². The summed E-state index contributed by atoms with van der Waals surface area (Å²) < 4.78 is 5.62. The summed E-state index contributed by atoms with van der Waals surface area (Å²) in [6.45, 7) is 3.58. The Labute approximate surface area is 136 Å². The highest BCUT2D eigenvalue weighted by Gasteiger charge is 2.34. The van der Waals surface area contributed by atoms with Gasteiger partial charge in [-0.2, -0.15) is 0 Å². The minimum absolute atomic E-state index is 0.0415. The van der Waals surface area contributed by atoms with Crippen molar-refractivity contribution in [3.8, 4) is 0 Å². The summed E-state index contributed by atoms with van der Waals surface area (Å²) in [7, 11) is 0. The van der Waals surface area contributed by atoms with Crippen LogP contribution in [0.15, 0.2) is 24.3 Å². The Morgan fingerprint density at radius 2 is 2.09 bits per heavy atom. The molecule has 0 bridgehead atoms. The van der Waals surface area contributed by atoms with E-state index in [1.807, 2.05) is 24.3 Å². The number of hydrogen-bond donors (Lipinski definition) is 1. The molecule has 0 aromatic heterocycles. The number of nitrogens with zero attached hydrogens (tertiary/aromatic N) is 1. The number of halogens is 1. The topological polar surface area (TPSA) is 41.6 Å². The number of amides is 1. The zero-order chi connectivity index (χ0) is 15.4. The first-order valence-electron chi connectivity index (χ1n) is 8.08. The molecule has 2 heterocycles. The first-order chi connectivity index (χ1) is 10.7. The molecule has 5 heteroatoms. The molecule has 0 unspecified atom stereocenters. The summed E-state index contributed by atoms with van der Waals surface area (Å²) in [6, 6.07) is 7.89. The molecule has 22 heavy (non-hydrogen) atoms. The number of ether oxygens (including phenoxy) is 1. The van der Waals surface area contributed by atoms with Gasteiger partial charge in [-0.1, -0.05) is 30.2 Å². The van der Waals surface area contributed by atoms with Gasteiger partial charge in [-0.25, -0.2) is 0 Å². The van der Waals surface area contributed by atoms with E-state index >= 15 is 0 Å². The normalized spacial score (nSPS) is 26.0. The lowest BCUT2D eigenvalue weighted by molar-refractivity contribution is -0.121. The zero-order valence-corrected chi connectivity index (χ0v) is 13.5. The SMILES string of the molecule is O=C(Cc1cccc(Cl)c1)N[C@@H]1COC[C@H]1N1CCCCC1. The van der Waals surface area contributed by atoms with Crippen molar-refractivity contribution in [3.05, 3.63) is 34.9 Å². The quantitative estimate of drug-likeness (QED) is 0.924. The number of rotatable bonds is 4. The Morgan fingerprint density at radius 3 is 2.86 bits per heavy atom. The van der Waals surface area contributed by atoms with Gasteiger partial charge >= 0.3 is 0 Å². The van der Waals surface area contributed by atoms with Crippen molar-refractivity contribution in [2.45, 2.75) is 37.8 Å². The zero-order valence-electron chi connectivity index (χ0n) is 12.8. The second-order valence-corrected chi connectivity index (χ2v) is 6.62. The maximum atomic E-state index is 12.3. The molecule has 2 aliphatic rings. The van der Waals surface area contributed by atoms with Crippen LogP contribution in [0.3, 0.4) is 0 Å². The molecular formula is C17H23ClN2O2. The highest BCUT2D eigenvalue weighted by atomic mass is 35.5. The molecule has 0 aliphatic carbocycles. The Hall–Kier alpha value is -1.10. The number of nitrogens with one attached hydrogen (secondary N) is 1. The molecule has 2 fully saturated rings. The monoisotopic (exact) mass is 322 g/mol. The molecular weight excluding hydrogens is 300 g/mol. The first-order valence-corrected chi connectivity index (χ1v) is 8.46. The molecule has 2 saturated heterocycles. The summed E-state index contributed by atoms with van der Waals surface area (Å²) in [6.07, 6.45) is 4.18. The van der Waals surface area contributed by atoms with E-state index in [9.17, 15) is 4.79 Å². The minimum atomic E-state index is 0.0415. The number of carbonyl (C=O) groups is 1. The van der Waals surface area contributed by atoms with E-state index in [4.69, 9.17) is 16.3 Å². The van der Waals surface area contributed by atoms with Crippen LogP contribution in [0, 0.1) is 0 Å². The summed E-state index contributed by atoms with van der Waals surface area (Å²) in [5.74, 6) is 0.0415. The van der Waals surface area contributed by atoms with E-state index in [1.54, 1.807) is 0 Å². The lowest BCUT2D eigenvalue weighted by atomic mass is 10.0. The maximum Gasteiger partial charge on any atom is 0.224 e. The molecule has 3 rings (SSSR count). The standard InChI is InChI=1S/C17H23ClN2O2/c18-14-6-4-5-13(9-14)10-17(21)19-15-11-22-12-16(15)20-7-2-1-3-8-20/h4-6,9,15-16H,1-3,7-8,10-12H2,(H,19,21)/t15-,16-/m1/s1. The molecule has 0 spiro atoms. The van der Waals surface area contributed by atoms with Gasteiger partial charge in [0.25, 0.3) is 0 Å². The van der Waals surface area contributed by atoms with Crippen LogP contribution in [0.2, 0.25) is 5.02 Å². The van der Waals surface area contributed by atoms with Crippen LogP contribution in [0.25, 0.3) is 0 Å². The lowest BCUT2D eigenvalue weighted by Crippen LogP contribution is -2.52. The van der Waals surface area contributed by atoms with Crippen molar-refractivity contribution < 1.29 is 9.53 Å². The fourth-order valence-corrected chi connectivity index (χ4v) is 3.59. The van der Waals surface area contributed by atoms with Crippen molar-refractivity contribution in [1.29, 1.82) is 0 Å². The van der Waals surface area contributed by atoms with Crippen LogP contribution in [0.1, 0.15) is 24.8 Å². The van der Waals surface area contributed by atoms with Gasteiger partial charge in [0.15, 0.2) is 0 Å². The van der Waals surface area contributed by atoms with Crippen molar-refractivity contribution in [2.24, 2.45) is 0 Å². The molecule has 1 aromatic carbocycles. The third-order valence-corrected chi connectivity index (χ3v) is 4.75. The number of piperidine rings is 1. The van der Waals surface area contributed by atoms with Crippen LogP contribution in [-0.2, 0) is 16.0 Å². The summed E-state index contributed by atoms with van der Waals surface area (Å²) in [5, 5.41) is 3.81. The van der Waals surface area contributed by atoms with Gasteiger partial charge in [0.2, 0.25) is 5.91 Å². The Morgan fingerprint density at radius 1 is 1.27 bits per heavy atom. The largest absolute Gasteiger partial charge is 0.378 e. The lowest BCUT2D eigenvalue weighted by Gasteiger charge is -2.34. The van der Waals surface area contributed by atoms with Gasteiger partial charge in [-0.15, -0.1) is 0 Å². The smallest absolute Gasteiger partial charge is 0.224 e. The number of carbonyl (C=O) groups excluding carboxylic acids is 1. The van der Waals surface area contributed by atoms with Crippen LogP contribution in [0.4, 0.5) is 0 Å². The minimum Gasteiger partial charge on any atom is -0.378 e. The highest BCUT2D eigenvalue weighted by Crippen LogP contribution is 2.19.